The van der Waals surface area contributed by atoms with Crippen molar-refractivity contribution in [3.63, 3.8) is 0 Å². The summed E-state index contributed by atoms with van der Waals surface area (Å²) >= 11 is 0. The van der Waals surface area contributed by atoms with E-state index in [0.717, 1.165) is 43.2 Å². The van der Waals surface area contributed by atoms with Crippen molar-refractivity contribution in [1.82, 2.24) is 10.6 Å². The van der Waals surface area contributed by atoms with Gasteiger partial charge in [-0.2, -0.15) is 0 Å². The van der Waals surface area contributed by atoms with E-state index in [4.69, 9.17) is 23.7 Å². The van der Waals surface area contributed by atoms with Gasteiger partial charge < -0.3 is 29.0 Å². The number of hydrogen-bond donors (Lipinski definition) is 2. The van der Waals surface area contributed by atoms with Crippen molar-refractivity contribution in [1.29, 1.82) is 0 Å². The van der Waals surface area contributed by atoms with Crippen LogP contribution in [0.4, 0.5) is 0 Å². The summed E-state index contributed by atoms with van der Waals surface area (Å²) in [6.45, 7) is 5.15. The van der Waals surface area contributed by atoms with E-state index in [0.29, 0.717) is 91.2 Å². The lowest BCUT2D eigenvalue weighted by atomic mass is 9.91. The molecule has 1 amide bonds. The first-order chi connectivity index (χ1) is 25.1. The van der Waals surface area contributed by atoms with Crippen LogP contribution in [-0.4, -0.2) is 96.1 Å². The number of ketones is 2. The first-order valence-electron chi connectivity index (χ1n) is 19.5. The molecule has 10 heteroatoms. The standard InChI is InChI=1S/C41H62N2O8/c44-37(33-14-8-4-1-2-5-9-15-33)19-22-47-24-26-49-28-30-51-31-29-50-27-25-48-23-20-38(45)42-21-13-12-18-36-41(46)39-34-16-10-6-3-7-11-17-35(32-34)40(39)43-36/h3,6-7,10-11,16-17,32-33,36,39-40,43H,1-2,4-5,8-9,12-15,18-31H2,(H,42,45). The Hall–Kier alpha value is -2.73. The van der Waals surface area contributed by atoms with E-state index in [1.165, 1.54) is 38.5 Å². The Bertz CT molecular complexity index is 1220. The molecule has 2 bridgehead atoms. The molecule has 4 rings (SSSR count). The second-order valence-electron chi connectivity index (χ2n) is 13.8. The van der Waals surface area contributed by atoms with Crippen LogP contribution in [0.15, 0.2) is 48.5 Å². The van der Waals surface area contributed by atoms with E-state index in [1.807, 2.05) is 36.4 Å². The highest BCUT2D eigenvalue weighted by Crippen LogP contribution is 2.43. The first-order valence-corrected chi connectivity index (χ1v) is 19.5. The molecule has 1 heterocycles. The van der Waals surface area contributed by atoms with E-state index in [-0.39, 0.29) is 35.6 Å². The van der Waals surface area contributed by atoms with Crippen LogP contribution in [0, 0.1) is 5.92 Å². The summed E-state index contributed by atoms with van der Waals surface area (Å²) in [5.41, 5.74) is 2.23. The molecule has 3 unspecified atom stereocenters. The Morgan fingerprint density at radius 2 is 1.18 bits per heavy atom. The van der Waals surface area contributed by atoms with Crippen LogP contribution in [-0.2, 0) is 38.1 Å². The summed E-state index contributed by atoms with van der Waals surface area (Å²) in [6, 6.07) is 16.1. The molecule has 1 aromatic rings. The number of unbranched alkanes of at least 4 members (excludes halogenated alkanes) is 1. The minimum absolute atomic E-state index is 0.0340. The lowest BCUT2D eigenvalue weighted by molar-refractivity contribution is -0.124. The third kappa shape index (κ3) is 15.8. The highest BCUT2D eigenvalue weighted by atomic mass is 16.6. The number of carbonyl (C=O) groups is 3. The molecule has 2 N–H and O–H groups in total. The van der Waals surface area contributed by atoms with Gasteiger partial charge in [0.1, 0.15) is 5.78 Å². The monoisotopic (exact) mass is 710 g/mol. The van der Waals surface area contributed by atoms with Crippen LogP contribution in [0.3, 0.4) is 0 Å². The molecule has 10 nitrogen and oxygen atoms in total. The molecule has 1 aromatic carbocycles. The fraction of sp³-hybridized carbons (Fsp3) is 0.683. The summed E-state index contributed by atoms with van der Waals surface area (Å²) in [6.07, 6.45) is 12.9. The predicted molar refractivity (Wildman–Crippen MR) is 197 cm³/mol. The van der Waals surface area contributed by atoms with Gasteiger partial charge in [0, 0.05) is 31.3 Å². The topological polar surface area (TPSA) is 121 Å². The number of nitrogens with one attached hydrogen (secondary N) is 2. The highest BCUT2D eigenvalue weighted by Gasteiger charge is 2.45. The van der Waals surface area contributed by atoms with E-state index in [9.17, 15) is 14.4 Å². The van der Waals surface area contributed by atoms with Gasteiger partial charge in [-0.3, -0.25) is 19.7 Å². The quantitative estimate of drug-likeness (QED) is 0.125. The zero-order valence-corrected chi connectivity index (χ0v) is 30.7. The van der Waals surface area contributed by atoms with Crippen molar-refractivity contribution < 1.29 is 38.1 Å². The van der Waals surface area contributed by atoms with Crippen LogP contribution >= 0.6 is 0 Å². The Balaban J connectivity index is 0.873. The second-order valence-corrected chi connectivity index (χ2v) is 13.8. The van der Waals surface area contributed by atoms with Crippen molar-refractivity contribution in [2.24, 2.45) is 5.92 Å². The van der Waals surface area contributed by atoms with Crippen LogP contribution in [0.5, 0.6) is 0 Å². The molecule has 0 spiro atoms. The van der Waals surface area contributed by atoms with Gasteiger partial charge in [-0.15, -0.1) is 0 Å². The molecule has 0 radical (unpaired) electrons. The van der Waals surface area contributed by atoms with Gasteiger partial charge in [-0.05, 0) is 43.2 Å². The van der Waals surface area contributed by atoms with Crippen molar-refractivity contribution in [2.75, 3.05) is 72.6 Å². The molecule has 51 heavy (non-hydrogen) atoms. The normalized spacial score (nSPS) is 20.2. The number of carbonyl (C=O) groups excluding carboxylic acids is 3. The SMILES string of the molecule is O=C(CCOCCOCCOCCOCCOCCC(=O)C1CCCCCCCC1)NCCCCC1NC2c3cccccccc(c3)C2C1=O. The van der Waals surface area contributed by atoms with Gasteiger partial charge in [0.25, 0.3) is 0 Å². The number of amides is 1. The summed E-state index contributed by atoms with van der Waals surface area (Å²) in [5.74, 6) is 0.716. The average Bonchev–Trinajstić information content (AvgIpc) is 3.68. The maximum atomic E-state index is 13.2. The minimum Gasteiger partial charge on any atom is -0.379 e. The van der Waals surface area contributed by atoms with Gasteiger partial charge >= 0.3 is 0 Å². The molecular weight excluding hydrogens is 648 g/mol. The van der Waals surface area contributed by atoms with Gasteiger partial charge in [0.15, 0.2) is 5.78 Å². The molecule has 2 fully saturated rings. The zero-order valence-electron chi connectivity index (χ0n) is 30.7. The van der Waals surface area contributed by atoms with E-state index in [1.54, 1.807) is 0 Å². The largest absolute Gasteiger partial charge is 0.379 e. The van der Waals surface area contributed by atoms with Crippen LogP contribution in [0.2, 0.25) is 0 Å². The molecule has 2 aliphatic carbocycles. The van der Waals surface area contributed by atoms with Gasteiger partial charge in [0.05, 0.1) is 78.0 Å². The number of fused-ring (bicyclic) bond motifs is 5. The zero-order chi connectivity index (χ0) is 35.8. The molecule has 1 saturated heterocycles. The molecular formula is C41H62N2O8. The molecule has 1 saturated carbocycles. The van der Waals surface area contributed by atoms with Gasteiger partial charge in [-0.1, -0.05) is 87.1 Å². The maximum Gasteiger partial charge on any atom is 0.222 e. The first kappa shape index (κ1) is 41.0. The van der Waals surface area contributed by atoms with Gasteiger partial charge in [-0.25, -0.2) is 0 Å². The molecule has 3 atom stereocenters. The Labute approximate surface area is 305 Å². The van der Waals surface area contributed by atoms with E-state index in [2.05, 4.69) is 22.8 Å². The Kier molecular flexibility index (Phi) is 20.3. The van der Waals surface area contributed by atoms with Crippen LogP contribution in [0.25, 0.3) is 0 Å². The number of ether oxygens (including phenoxy) is 5. The third-order valence-corrected chi connectivity index (χ3v) is 9.94. The summed E-state index contributed by atoms with van der Waals surface area (Å²) < 4.78 is 27.7. The molecule has 1 aliphatic heterocycles. The smallest absolute Gasteiger partial charge is 0.222 e. The third-order valence-electron chi connectivity index (χ3n) is 9.94. The number of Topliss-reactive ketones (excluding diaryl/α,β-unsaturated/α-hetero) is 2. The van der Waals surface area contributed by atoms with Crippen molar-refractivity contribution in [3.8, 4) is 0 Å². The number of hydrogen-bond acceptors (Lipinski definition) is 9. The van der Waals surface area contributed by atoms with Crippen molar-refractivity contribution >= 4 is 17.5 Å². The highest BCUT2D eigenvalue weighted by molar-refractivity contribution is 5.94. The minimum atomic E-state index is -0.148. The molecule has 3 aliphatic rings. The van der Waals surface area contributed by atoms with Crippen molar-refractivity contribution in [2.45, 2.75) is 101 Å². The maximum absolute atomic E-state index is 13.2. The predicted octanol–water partition coefficient (Wildman–Crippen LogP) is 5.96. The second kappa shape index (κ2) is 25.3. The van der Waals surface area contributed by atoms with Gasteiger partial charge in [0.2, 0.25) is 5.91 Å². The lowest BCUT2D eigenvalue weighted by Gasteiger charge is -2.14. The molecule has 284 valence electrons. The summed E-state index contributed by atoms with van der Waals surface area (Å²) in [5, 5.41) is 6.51. The van der Waals surface area contributed by atoms with Crippen LogP contribution in [0.1, 0.15) is 107 Å². The Morgan fingerprint density at radius 3 is 1.80 bits per heavy atom. The summed E-state index contributed by atoms with van der Waals surface area (Å²) in [7, 11) is 0. The lowest BCUT2D eigenvalue weighted by Crippen LogP contribution is -2.29. The Morgan fingerprint density at radius 1 is 0.647 bits per heavy atom. The van der Waals surface area contributed by atoms with Crippen molar-refractivity contribution in [3.05, 3.63) is 59.7 Å². The average molecular weight is 711 g/mol. The molecule has 0 aromatic heterocycles. The van der Waals surface area contributed by atoms with Crippen LogP contribution < -0.4 is 10.6 Å². The van der Waals surface area contributed by atoms with E-state index < -0.39 is 0 Å². The fourth-order valence-electron chi connectivity index (χ4n) is 7.12. The fourth-order valence-corrected chi connectivity index (χ4v) is 7.12. The summed E-state index contributed by atoms with van der Waals surface area (Å²) in [4.78, 5) is 37.9. The van der Waals surface area contributed by atoms with E-state index >= 15 is 0 Å². The number of rotatable bonds is 24.